The van der Waals surface area contributed by atoms with Gasteiger partial charge in [-0.2, -0.15) is 13.2 Å². The molecule has 0 saturated heterocycles. The molecule has 0 fully saturated rings. The maximum Gasteiger partial charge on any atom is 0.417 e. The number of rotatable bonds is 3. The Morgan fingerprint density at radius 3 is 2.48 bits per heavy atom. The van der Waals surface area contributed by atoms with Crippen LogP contribution in [0.4, 0.5) is 24.7 Å². The van der Waals surface area contributed by atoms with Crippen LogP contribution in [0.3, 0.4) is 0 Å². The Morgan fingerprint density at radius 1 is 1.24 bits per heavy atom. The van der Waals surface area contributed by atoms with Crippen molar-refractivity contribution in [1.82, 2.24) is 4.98 Å². The summed E-state index contributed by atoms with van der Waals surface area (Å²) in [5.74, 6) is -1.05. The highest BCUT2D eigenvalue weighted by atomic mass is 35.5. The third-order valence-electron chi connectivity index (χ3n) is 2.56. The minimum atomic E-state index is -4.46. The van der Waals surface area contributed by atoms with Gasteiger partial charge >= 0.3 is 12.1 Å². The van der Waals surface area contributed by atoms with Gasteiger partial charge in [-0.15, -0.1) is 0 Å². The van der Waals surface area contributed by atoms with Gasteiger partial charge in [-0.25, -0.2) is 9.78 Å². The van der Waals surface area contributed by atoms with Crippen LogP contribution in [0.15, 0.2) is 36.5 Å². The van der Waals surface area contributed by atoms with Gasteiger partial charge in [0.05, 0.1) is 16.1 Å². The molecule has 0 atom stereocenters. The molecule has 0 spiro atoms. The molecule has 0 aliphatic heterocycles. The molecule has 1 heterocycles. The van der Waals surface area contributed by atoms with Crippen molar-refractivity contribution in [3.05, 3.63) is 52.7 Å². The van der Waals surface area contributed by atoms with E-state index in [1.807, 2.05) is 0 Å². The Morgan fingerprint density at radius 2 is 1.95 bits per heavy atom. The highest BCUT2D eigenvalue weighted by Crippen LogP contribution is 2.29. The third kappa shape index (κ3) is 3.63. The molecular weight excluding hydrogens is 309 g/mol. The van der Waals surface area contributed by atoms with Crippen molar-refractivity contribution in [3.8, 4) is 0 Å². The second kappa shape index (κ2) is 5.61. The monoisotopic (exact) mass is 316 g/mol. The van der Waals surface area contributed by atoms with Gasteiger partial charge in [-0.05, 0) is 30.3 Å². The number of carbonyl (C=O) groups is 1. The predicted octanol–water partition coefficient (Wildman–Crippen LogP) is 4.20. The molecule has 0 aliphatic rings. The SMILES string of the molecule is O=C(O)c1cc(Nc2ccc(C(F)(F)F)cn2)ccc1Cl. The molecule has 4 nitrogen and oxygen atoms in total. The van der Waals surface area contributed by atoms with Crippen LogP contribution in [0.2, 0.25) is 5.02 Å². The van der Waals surface area contributed by atoms with Gasteiger partial charge in [0.1, 0.15) is 5.82 Å². The van der Waals surface area contributed by atoms with Gasteiger partial charge < -0.3 is 10.4 Å². The quantitative estimate of drug-likeness (QED) is 0.891. The Hall–Kier alpha value is -2.28. The number of hydrogen-bond donors (Lipinski definition) is 2. The predicted molar refractivity (Wildman–Crippen MR) is 70.9 cm³/mol. The summed E-state index contributed by atoms with van der Waals surface area (Å²) in [5.41, 5.74) is -0.631. The molecule has 21 heavy (non-hydrogen) atoms. The summed E-state index contributed by atoms with van der Waals surface area (Å²) in [6, 6.07) is 6.16. The van der Waals surface area contributed by atoms with Crippen LogP contribution in [0, 0.1) is 0 Å². The number of halogens is 4. The van der Waals surface area contributed by atoms with Crippen LogP contribution >= 0.6 is 11.6 Å². The number of carboxylic acid groups (broad SMARTS) is 1. The summed E-state index contributed by atoms with van der Waals surface area (Å²) in [4.78, 5) is 14.6. The lowest BCUT2D eigenvalue weighted by atomic mass is 10.2. The van der Waals surface area contributed by atoms with Gasteiger partial charge in [0.2, 0.25) is 0 Å². The molecular formula is C13H8ClF3N2O2. The van der Waals surface area contributed by atoms with Crippen LogP contribution in [0.5, 0.6) is 0 Å². The number of aromatic carboxylic acids is 1. The fourth-order valence-corrected chi connectivity index (χ4v) is 1.75. The van der Waals surface area contributed by atoms with Crippen molar-refractivity contribution in [1.29, 1.82) is 0 Å². The minimum Gasteiger partial charge on any atom is -0.478 e. The number of hydrogen-bond acceptors (Lipinski definition) is 3. The Bertz CT molecular complexity index is 672. The van der Waals surface area contributed by atoms with Crippen molar-refractivity contribution in [2.24, 2.45) is 0 Å². The molecule has 0 bridgehead atoms. The number of anilines is 2. The van der Waals surface area contributed by atoms with Crippen molar-refractivity contribution >= 4 is 29.1 Å². The Kier molecular flexibility index (Phi) is 4.04. The van der Waals surface area contributed by atoms with Crippen LogP contribution in [0.25, 0.3) is 0 Å². The topological polar surface area (TPSA) is 62.2 Å². The summed E-state index contributed by atoms with van der Waals surface area (Å²) < 4.78 is 37.2. The van der Waals surface area contributed by atoms with Crippen LogP contribution in [0.1, 0.15) is 15.9 Å². The molecule has 8 heteroatoms. The molecule has 1 aromatic carbocycles. The van der Waals surface area contributed by atoms with Crippen LogP contribution < -0.4 is 5.32 Å². The largest absolute Gasteiger partial charge is 0.478 e. The van der Waals surface area contributed by atoms with E-state index in [9.17, 15) is 18.0 Å². The first-order valence-electron chi connectivity index (χ1n) is 5.60. The first-order chi connectivity index (χ1) is 9.77. The maximum absolute atomic E-state index is 12.4. The molecule has 0 saturated carbocycles. The molecule has 2 N–H and O–H groups in total. The smallest absolute Gasteiger partial charge is 0.417 e. The standard InChI is InChI=1S/C13H8ClF3N2O2/c14-10-3-2-8(5-9(10)12(20)21)19-11-4-1-7(6-18-11)13(15,16)17/h1-6H,(H,18,19)(H,20,21). The lowest BCUT2D eigenvalue weighted by molar-refractivity contribution is -0.137. The Balaban J connectivity index is 2.22. The molecule has 110 valence electrons. The van der Waals surface area contributed by atoms with Gasteiger partial charge in [0.25, 0.3) is 0 Å². The molecule has 0 unspecified atom stereocenters. The lowest BCUT2D eigenvalue weighted by Gasteiger charge is -2.09. The number of nitrogens with zero attached hydrogens (tertiary/aromatic N) is 1. The number of benzene rings is 1. The third-order valence-corrected chi connectivity index (χ3v) is 2.89. The van der Waals surface area contributed by atoms with Crippen molar-refractivity contribution < 1.29 is 23.1 Å². The average Bonchev–Trinajstić information content (AvgIpc) is 2.40. The van der Waals surface area contributed by atoms with E-state index < -0.39 is 17.7 Å². The van der Waals surface area contributed by atoms with E-state index in [0.717, 1.165) is 12.1 Å². The normalized spacial score (nSPS) is 11.2. The van der Waals surface area contributed by atoms with E-state index in [1.165, 1.54) is 18.2 Å². The first-order valence-corrected chi connectivity index (χ1v) is 5.98. The number of carboxylic acids is 1. The summed E-state index contributed by atoms with van der Waals surface area (Å²) in [5, 5.41) is 11.7. The number of aromatic nitrogens is 1. The van der Waals surface area contributed by atoms with E-state index in [-0.39, 0.29) is 16.4 Å². The van der Waals surface area contributed by atoms with Crippen LogP contribution in [-0.2, 0) is 6.18 Å². The van der Waals surface area contributed by atoms with Crippen molar-refractivity contribution in [3.63, 3.8) is 0 Å². The maximum atomic E-state index is 12.4. The fourth-order valence-electron chi connectivity index (χ4n) is 1.55. The van der Waals surface area contributed by atoms with E-state index in [0.29, 0.717) is 11.9 Å². The van der Waals surface area contributed by atoms with Gasteiger partial charge in [-0.1, -0.05) is 11.6 Å². The Labute approximate surface area is 122 Å². The lowest BCUT2D eigenvalue weighted by Crippen LogP contribution is -2.06. The number of nitrogens with one attached hydrogen (secondary N) is 1. The van der Waals surface area contributed by atoms with E-state index in [4.69, 9.17) is 16.7 Å². The minimum absolute atomic E-state index is 0.0634. The summed E-state index contributed by atoms with van der Waals surface area (Å²) in [6.45, 7) is 0. The highest BCUT2D eigenvalue weighted by Gasteiger charge is 2.30. The molecule has 2 rings (SSSR count). The molecule has 0 amide bonds. The summed E-state index contributed by atoms with van der Waals surface area (Å²) in [6.07, 6.45) is -3.77. The number of pyridine rings is 1. The van der Waals surface area contributed by atoms with Gasteiger partial charge in [-0.3, -0.25) is 0 Å². The molecule has 2 aromatic rings. The van der Waals surface area contributed by atoms with Crippen molar-refractivity contribution in [2.45, 2.75) is 6.18 Å². The fraction of sp³-hybridized carbons (Fsp3) is 0.0769. The first kappa shape index (κ1) is 15.1. The second-order valence-electron chi connectivity index (χ2n) is 4.05. The number of alkyl halides is 3. The van der Waals surface area contributed by atoms with Gasteiger partial charge in [0, 0.05) is 11.9 Å². The highest BCUT2D eigenvalue weighted by molar-refractivity contribution is 6.33. The zero-order valence-electron chi connectivity index (χ0n) is 10.3. The van der Waals surface area contributed by atoms with Crippen LogP contribution in [-0.4, -0.2) is 16.1 Å². The summed E-state index contributed by atoms with van der Waals surface area (Å²) in [7, 11) is 0. The van der Waals surface area contributed by atoms with Crippen molar-refractivity contribution in [2.75, 3.05) is 5.32 Å². The molecule has 1 aromatic heterocycles. The summed E-state index contributed by atoms with van der Waals surface area (Å²) >= 11 is 5.72. The van der Waals surface area contributed by atoms with E-state index in [2.05, 4.69) is 10.3 Å². The van der Waals surface area contributed by atoms with Gasteiger partial charge in [0.15, 0.2) is 0 Å². The molecule has 0 aliphatic carbocycles. The van der Waals surface area contributed by atoms with E-state index in [1.54, 1.807) is 0 Å². The zero-order chi connectivity index (χ0) is 15.6. The van der Waals surface area contributed by atoms with E-state index >= 15 is 0 Å². The average molecular weight is 317 g/mol. The second-order valence-corrected chi connectivity index (χ2v) is 4.46. The molecule has 0 radical (unpaired) electrons. The zero-order valence-corrected chi connectivity index (χ0v) is 11.0.